The van der Waals surface area contributed by atoms with Crippen molar-refractivity contribution in [1.29, 1.82) is 0 Å². The molecule has 0 bridgehead atoms. The molecule has 9 heavy (non-hydrogen) atoms. The van der Waals surface area contributed by atoms with Crippen molar-refractivity contribution in [1.82, 2.24) is 0 Å². The summed E-state index contributed by atoms with van der Waals surface area (Å²) in [6.45, 7) is 0. The van der Waals surface area contributed by atoms with Crippen LogP contribution < -0.4 is 32.9 Å². The molecule has 64 valence electrons. The van der Waals surface area contributed by atoms with E-state index in [1.165, 1.54) is 0 Å². The van der Waals surface area contributed by atoms with E-state index >= 15 is 0 Å². The van der Waals surface area contributed by atoms with Crippen LogP contribution in [0.5, 0.6) is 0 Å². The van der Waals surface area contributed by atoms with Crippen LogP contribution in [0.1, 0.15) is 0 Å². The minimum absolute atomic E-state index is 0. The van der Waals surface area contributed by atoms with E-state index in [2.05, 4.69) is 0 Å². The quantitative estimate of drug-likeness (QED) is 0.351. The molecule has 0 saturated carbocycles. The molecule has 0 unspecified atom stereocenters. The van der Waals surface area contributed by atoms with Gasteiger partial charge in [0.05, 0.1) is 0 Å². The van der Waals surface area contributed by atoms with Gasteiger partial charge in [0, 0.05) is 0 Å². The molecular formula is H4F7OV. The molecule has 0 amide bonds. The molecule has 0 fully saturated rings. The van der Waals surface area contributed by atoms with E-state index in [9.17, 15) is 0 Å². The second kappa shape index (κ2) is 135000. The van der Waals surface area contributed by atoms with E-state index in [1.807, 2.05) is 0 Å². The fourth-order valence-corrected chi connectivity index (χ4v) is 0. The molecule has 0 aliphatic rings. The van der Waals surface area contributed by atoms with Crippen molar-refractivity contribution in [2.75, 3.05) is 0 Å². The first-order valence-corrected chi connectivity index (χ1v) is 0. The Bertz CT molecular complexity index is 8.88. The summed E-state index contributed by atoms with van der Waals surface area (Å²) in [4.78, 5) is 0. The van der Waals surface area contributed by atoms with Crippen LogP contribution in [0.2, 0.25) is 0 Å². The van der Waals surface area contributed by atoms with Crippen LogP contribution in [0.25, 0.3) is 0 Å². The second-order valence-electron chi connectivity index (χ2n) is 0. The minimum atomic E-state index is 0. The van der Waals surface area contributed by atoms with Crippen LogP contribution in [-0.4, -0.2) is 0 Å². The van der Waals surface area contributed by atoms with Gasteiger partial charge in [0.2, 0.25) is 0 Å². The third kappa shape index (κ3) is 99700. The van der Waals surface area contributed by atoms with E-state index in [0.717, 1.165) is 0 Å². The Morgan fingerprint density at radius 2 is 0.333 bits per heavy atom. The van der Waals surface area contributed by atoms with Gasteiger partial charge in [-0.1, -0.05) is 0 Å². The third-order valence-corrected chi connectivity index (χ3v) is 0. The zero-order valence-corrected chi connectivity index (χ0v) is 5.20. The SMILES string of the molecule is [F-].[F-].[F-].[F-].[F-].[F-].[F-].[OH4+2].[V+5]. The Morgan fingerprint density at radius 1 is 0.333 bits per heavy atom. The van der Waals surface area contributed by atoms with Crippen LogP contribution in [0.3, 0.4) is 0 Å². The van der Waals surface area contributed by atoms with E-state index in [-0.39, 0.29) is 57.0 Å². The molecule has 0 spiro atoms. The molecule has 9 heteroatoms. The van der Waals surface area contributed by atoms with Gasteiger partial charge < -0.3 is 38.4 Å². The van der Waals surface area contributed by atoms with Crippen LogP contribution >= 0.6 is 0 Å². The standard InChI is InChI=1S/7FH.H4O.V/h7*1H;1H4;/q;;;;;;;+2;+5/p-7. The van der Waals surface area contributed by atoms with Gasteiger partial charge in [-0.25, -0.2) is 0 Å². The fraction of sp³-hybridized carbons (Fsp3) is 0. The van der Waals surface area contributed by atoms with Crippen LogP contribution in [0.4, 0.5) is 0 Å². The van der Waals surface area contributed by atoms with Crippen molar-refractivity contribution in [3.8, 4) is 0 Å². The van der Waals surface area contributed by atoms with Gasteiger partial charge in [-0.05, 0) is 0 Å². The predicted molar refractivity (Wildman–Crippen MR) is 6.27 cm³/mol. The largest absolute Gasteiger partial charge is 5.00 e. The molecule has 0 aliphatic carbocycles. The summed E-state index contributed by atoms with van der Waals surface area (Å²) in [7, 11) is 0. The summed E-state index contributed by atoms with van der Waals surface area (Å²) < 4.78 is 0. The number of hydrogen-bond acceptors (Lipinski definition) is 0. The molecule has 0 rings (SSSR count). The Hall–Kier alpha value is 0.0544. The second-order valence-corrected chi connectivity index (χ2v) is 0. The van der Waals surface area contributed by atoms with E-state index in [0.29, 0.717) is 0 Å². The molecule has 0 aromatic carbocycles. The molecular weight excluding hydrogens is 200 g/mol. The van der Waals surface area contributed by atoms with Gasteiger partial charge in [-0.15, -0.1) is 0 Å². The zero-order chi connectivity index (χ0) is 0. The van der Waals surface area contributed by atoms with Crippen molar-refractivity contribution in [3.05, 3.63) is 0 Å². The summed E-state index contributed by atoms with van der Waals surface area (Å²) in [5.74, 6) is 0. The van der Waals surface area contributed by atoms with Crippen molar-refractivity contribution >= 4 is 0 Å². The van der Waals surface area contributed by atoms with Crippen molar-refractivity contribution in [3.63, 3.8) is 0 Å². The average molecular weight is 204 g/mol. The smallest absolute Gasteiger partial charge is 1.00 e. The van der Waals surface area contributed by atoms with E-state index in [1.54, 1.807) is 0 Å². The van der Waals surface area contributed by atoms with Gasteiger partial charge in [0.15, 0.2) is 0 Å². The summed E-state index contributed by atoms with van der Waals surface area (Å²) in [5, 5.41) is 0. The van der Waals surface area contributed by atoms with Crippen molar-refractivity contribution in [2.24, 2.45) is 0 Å². The van der Waals surface area contributed by atoms with Crippen molar-refractivity contribution in [2.45, 2.75) is 0 Å². The summed E-state index contributed by atoms with van der Waals surface area (Å²) in [6, 6.07) is 0. The maximum Gasteiger partial charge on any atom is 5.00 e. The molecule has 1 nitrogen and oxygen atoms in total. The number of halogens is 7. The molecule has 0 aliphatic heterocycles. The molecule has 0 atom stereocenters. The van der Waals surface area contributed by atoms with Gasteiger partial charge >= 0.3 is 18.6 Å². The normalized spacial score (nSPS) is 0. The van der Waals surface area contributed by atoms with Gasteiger partial charge in [-0.2, -0.15) is 0 Å². The minimum Gasteiger partial charge on any atom is -1.00 e. The topological polar surface area (TPSA) is 34.5 Å². The molecule has 0 radical (unpaired) electrons. The maximum absolute atomic E-state index is 0. The Kier molecular flexibility index (Phi) is 2980000000. The Balaban J connectivity index is 0. The van der Waals surface area contributed by atoms with Crippen LogP contribution in [0.15, 0.2) is 0 Å². The summed E-state index contributed by atoms with van der Waals surface area (Å²) in [5.41, 5.74) is 0. The molecule has 0 saturated heterocycles. The van der Waals surface area contributed by atoms with E-state index in [4.69, 9.17) is 0 Å². The van der Waals surface area contributed by atoms with Gasteiger partial charge in [0.1, 0.15) is 0 Å². The first-order chi connectivity index (χ1) is 0. The molecule has 0 aromatic heterocycles. The molecule has 4 N–H and O–H groups in total. The van der Waals surface area contributed by atoms with E-state index < -0.39 is 0 Å². The monoisotopic (exact) mass is 204 g/mol. The van der Waals surface area contributed by atoms with Gasteiger partial charge in [-0.3, -0.25) is 0 Å². The van der Waals surface area contributed by atoms with Crippen LogP contribution in [-0.2, 0) is 24.0 Å². The zero-order valence-electron chi connectivity index (χ0n) is 3.80. The Labute approximate surface area is 58.0 Å². The fourth-order valence-electron chi connectivity index (χ4n) is 0. The maximum atomic E-state index is 0. The Morgan fingerprint density at radius 3 is 0.333 bits per heavy atom. The summed E-state index contributed by atoms with van der Waals surface area (Å²) >= 11 is 0. The summed E-state index contributed by atoms with van der Waals surface area (Å²) in [6.07, 6.45) is 0. The van der Waals surface area contributed by atoms with Crippen LogP contribution in [0, 0.1) is 0 Å². The number of rotatable bonds is 0. The van der Waals surface area contributed by atoms with Crippen molar-refractivity contribution < 1.29 is 57.0 Å². The molecule has 0 aromatic rings. The predicted octanol–water partition coefficient (Wildman–Crippen LogP) is -22.2. The third-order valence-electron chi connectivity index (χ3n) is 0. The number of hydrogen-bond donors (Lipinski definition) is 0. The average Bonchev–Trinajstić information content (AvgIpc) is 0. The van der Waals surface area contributed by atoms with Gasteiger partial charge in [0.25, 0.3) is 0 Å². The first-order valence-electron chi connectivity index (χ1n) is 0. The first kappa shape index (κ1) is 198000. The molecule has 0 heterocycles.